The fourth-order valence-electron chi connectivity index (χ4n) is 0.996. The van der Waals surface area contributed by atoms with Crippen LogP contribution in [0.25, 0.3) is 0 Å². The van der Waals surface area contributed by atoms with E-state index >= 15 is 0 Å². The highest BCUT2D eigenvalue weighted by Crippen LogP contribution is 2.25. The molecular weight excluding hydrogens is 241 g/mol. The molecule has 0 bridgehead atoms. The molecular formula is C10H17F3O4. The van der Waals surface area contributed by atoms with Crippen molar-refractivity contribution in [1.29, 1.82) is 0 Å². The molecule has 0 aromatic rings. The van der Waals surface area contributed by atoms with Gasteiger partial charge < -0.3 is 14.6 Å². The lowest BCUT2D eigenvalue weighted by atomic mass is 10.2. The number of carboxylic acids is 1. The van der Waals surface area contributed by atoms with E-state index < -0.39 is 24.7 Å². The molecule has 0 fully saturated rings. The van der Waals surface area contributed by atoms with Gasteiger partial charge >= 0.3 is 12.1 Å². The van der Waals surface area contributed by atoms with Crippen molar-refractivity contribution in [2.45, 2.75) is 32.5 Å². The maximum absolute atomic E-state index is 12.3. The number of ether oxygens (including phenoxy) is 2. The minimum atomic E-state index is -4.67. The molecule has 17 heavy (non-hydrogen) atoms. The van der Waals surface area contributed by atoms with Gasteiger partial charge in [0, 0.05) is 6.61 Å². The van der Waals surface area contributed by atoms with Gasteiger partial charge in [0.05, 0.1) is 19.6 Å². The Balaban J connectivity index is 3.89. The molecule has 7 heteroatoms. The lowest BCUT2D eigenvalue weighted by molar-refractivity contribution is -0.226. The van der Waals surface area contributed by atoms with Crippen LogP contribution in [0.15, 0.2) is 0 Å². The van der Waals surface area contributed by atoms with Gasteiger partial charge in [0.1, 0.15) is 0 Å². The molecule has 4 nitrogen and oxygen atoms in total. The summed E-state index contributed by atoms with van der Waals surface area (Å²) in [7, 11) is 0. The van der Waals surface area contributed by atoms with Crippen molar-refractivity contribution in [2.24, 2.45) is 5.92 Å². The van der Waals surface area contributed by atoms with Gasteiger partial charge in [0.25, 0.3) is 0 Å². The number of aliphatic carboxylic acids is 1. The molecule has 0 saturated carbocycles. The normalized spacial score (nSPS) is 14.0. The largest absolute Gasteiger partial charge is 0.481 e. The zero-order chi connectivity index (χ0) is 13.5. The monoisotopic (exact) mass is 258 g/mol. The molecule has 0 amide bonds. The number of hydrogen-bond donors (Lipinski definition) is 1. The Morgan fingerprint density at radius 3 is 2.29 bits per heavy atom. The molecule has 0 saturated heterocycles. The van der Waals surface area contributed by atoms with E-state index in [-0.39, 0.29) is 19.1 Å². The van der Waals surface area contributed by atoms with Gasteiger partial charge in [-0.3, -0.25) is 4.79 Å². The number of carbonyl (C=O) groups is 1. The van der Waals surface area contributed by atoms with Gasteiger partial charge in [-0.2, -0.15) is 13.2 Å². The smallest absolute Gasteiger partial charge is 0.415 e. The van der Waals surface area contributed by atoms with Crippen molar-refractivity contribution in [3.63, 3.8) is 0 Å². The van der Waals surface area contributed by atoms with E-state index in [4.69, 9.17) is 9.84 Å². The lowest BCUT2D eigenvalue weighted by Crippen LogP contribution is -2.34. The van der Waals surface area contributed by atoms with E-state index in [1.165, 1.54) is 0 Å². The van der Waals surface area contributed by atoms with Crippen LogP contribution in [0.4, 0.5) is 13.2 Å². The lowest BCUT2D eigenvalue weighted by Gasteiger charge is -2.19. The molecule has 1 N–H and O–H groups in total. The van der Waals surface area contributed by atoms with Crippen molar-refractivity contribution in [1.82, 2.24) is 0 Å². The Morgan fingerprint density at radius 1 is 1.29 bits per heavy atom. The van der Waals surface area contributed by atoms with Crippen molar-refractivity contribution >= 4 is 5.97 Å². The Kier molecular flexibility index (Phi) is 7.13. The highest BCUT2D eigenvalue weighted by Gasteiger charge is 2.41. The van der Waals surface area contributed by atoms with Gasteiger partial charge in [-0.15, -0.1) is 0 Å². The second-order valence-corrected chi connectivity index (χ2v) is 3.97. The number of halogens is 3. The zero-order valence-corrected chi connectivity index (χ0v) is 9.79. The first kappa shape index (κ1) is 16.2. The van der Waals surface area contributed by atoms with Crippen LogP contribution in [-0.4, -0.2) is 43.2 Å². The van der Waals surface area contributed by atoms with Gasteiger partial charge in [-0.25, -0.2) is 0 Å². The third kappa shape index (κ3) is 8.93. The summed E-state index contributed by atoms with van der Waals surface area (Å²) in [6.07, 6.45) is -8.04. The van der Waals surface area contributed by atoms with Crippen LogP contribution in [0, 0.1) is 5.92 Å². The first-order chi connectivity index (χ1) is 7.73. The Hall–Kier alpha value is -0.820. The topological polar surface area (TPSA) is 55.8 Å². The van der Waals surface area contributed by atoms with E-state index in [1.807, 2.05) is 13.8 Å². The predicted molar refractivity (Wildman–Crippen MR) is 53.7 cm³/mol. The van der Waals surface area contributed by atoms with Gasteiger partial charge in [-0.1, -0.05) is 13.8 Å². The zero-order valence-electron chi connectivity index (χ0n) is 9.79. The molecule has 0 rings (SSSR count). The second kappa shape index (κ2) is 7.50. The van der Waals surface area contributed by atoms with Crippen molar-refractivity contribution in [3.8, 4) is 0 Å². The average Bonchev–Trinajstić information content (AvgIpc) is 2.12. The summed E-state index contributed by atoms with van der Waals surface area (Å²) < 4.78 is 46.4. The molecule has 0 aliphatic heterocycles. The van der Waals surface area contributed by atoms with Crippen LogP contribution < -0.4 is 0 Å². The third-order valence-electron chi connectivity index (χ3n) is 1.72. The highest BCUT2D eigenvalue weighted by atomic mass is 19.4. The maximum Gasteiger partial charge on any atom is 0.415 e. The third-order valence-corrected chi connectivity index (χ3v) is 1.72. The molecule has 102 valence electrons. The molecule has 0 aliphatic carbocycles. The number of hydrogen-bond acceptors (Lipinski definition) is 3. The predicted octanol–water partition coefficient (Wildman–Crippen LogP) is 2.08. The van der Waals surface area contributed by atoms with Crippen LogP contribution in [0.2, 0.25) is 0 Å². The summed E-state index contributed by atoms with van der Waals surface area (Å²) in [6, 6.07) is 0. The SMILES string of the molecule is CC(C)COCCOC(CC(=O)O)C(F)(F)F. The molecule has 0 aromatic heterocycles. The first-order valence-electron chi connectivity index (χ1n) is 5.21. The molecule has 1 atom stereocenters. The molecule has 0 aliphatic rings. The van der Waals surface area contributed by atoms with Crippen LogP contribution in [0.3, 0.4) is 0 Å². The fraction of sp³-hybridized carbons (Fsp3) is 0.900. The van der Waals surface area contributed by atoms with Crippen LogP contribution >= 0.6 is 0 Å². The van der Waals surface area contributed by atoms with Gasteiger partial charge in [0.2, 0.25) is 0 Å². The summed E-state index contributed by atoms with van der Waals surface area (Å²) >= 11 is 0. The van der Waals surface area contributed by atoms with Crippen LogP contribution in [0.1, 0.15) is 20.3 Å². The number of alkyl halides is 3. The molecule has 0 aromatic carbocycles. The Morgan fingerprint density at radius 2 is 1.88 bits per heavy atom. The summed E-state index contributed by atoms with van der Waals surface area (Å²) in [5, 5.41) is 8.31. The summed E-state index contributed by atoms with van der Waals surface area (Å²) in [5.41, 5.74) is 0. The minimum absolute atomic E-state index is 0.0182. The van der Waals surface area contributed by atoms with Crippen molar-refractivity contribution in [3.05, 3.63) is 0 Å². The molecule has 0 heterocycles. The van der Waals surface area contributed by atoms with Gasteiger partial charge in [0.15, 0.2) is 6.10 Å². The van der Waals surface area contributed by atoms with E-state index in [1.54, 1.807) is 0 Å². The molecule has 0 radical (unpaired) electrons. The Labute approximate surface area is 97.7 Å². The van der Waals surface area contributed by atoms with E-state index in [0.717, 1.165) is 0 Å². The quantitative estimate of drug-likeness (QED) is 0.677. The fourth-order valence-corrected chi connectivity index (χ4v) is 0.996. The van der Waals surface area contributed by atoms with Crippen LogP contribution in [0.5, 0.6) is 0 Å². The highest BCUT2D eigenvalue weighted by molar-refractivity contribution is 5.67. The Bertz CT molecular complexity index is 228. The second-order valence-electron chi connectivity index (χ2n) is 3.97. The summed E-state index contributed by atoms with van der Waals surface area (Å²) in [5.74, 6) is -1.26. The summed E-state index contributed by atoms with van der Waals surface area (Å²) in [6.45, 7) is 3.99. The number of carboxylic acid groups (broad SMARTS) is 1. The minimum Gasteiger partial charge on any atom is -0.481 e. The standard InChI is InChI=1S/C10H17F3O4/c1-7(2)6-16-3-4-17-8(5-9(14)15)10(11,12)13/h7-8H,3-6H2,1-2H3,(H,14,15). The van der Waals surface area contributed by atoms with Crippen molar-refractivity contribution < 1.29 is 32.5 Å². The number of rotatable bonds is 8. The van der Waals surface area contributed by atoms with E-state index in [2.05, 4.69) is 4.74 Å². The maximum atomic E-state index is 12.3. The van der Waals surface area contributed by atoms with E-state index in [0.29, 0.717) is 6.61 Å². The molecule has 1 unspecified atom stereocenters. The van der Waals surface area contributed by atoms with Gasteiger partial charge in [-0.05, 0) is 5.92 Å². The van der Waals surface area contributed by atoms with E-state index in [9.17, 15) is 18.0 Å². The first-order valence-corrected chi connectivity index (χ1v) is 5.21. The van der Waals surface area contributed by atoms with Crippen molar-refractivity contribution in [2.75, 3.05) is 19.8 Å². The van der Waals surface area contributed by atoms with Crippen LogP contribution in [-0.2, 0) is 14.3 Å². The average molecular weight is 258 g/mol. The summed E-state index contributed by atoms with van der Waals surface area (Å²) in [4.78, 5) is 10.2. The molecule has 0 spiro atoms.